The Morgan fingerprint density at radius 1 is 1.07 bits per heavy atom. The van der Waals surface area contributed by atoms with E-state index in [1.54, 1.807) is 24.5 Å². The van der Waals surface area contributed by atoms with Gasteiger partial charge in [0.1, 0.15) is 11.1 Å². The fourth-order valence-electron chi connectivity index (χ4n) is 3.88. The van der Waals surface area contributed by atoms with E-state index >= 15 is 0 Å². The molecule has 0 unspecified atom stereocenters. The van der Waals surface area contributed by atoms with Gasteiger partial charge in [0.2, 0.25) is 0 Å². The summed E-state index contributed by atoms with van der Waals surface area (Å²) in [5.41, 5.74) is 3.13. The van der Waals surface area contributed by atoms with Crippen LogP contribution in [0.3, 0.4) is 0 Å². The van der Waals surface area contributed by atoms with Gasteiger partial charge in [0, 0.05) is 11.4 Å². The molecular formula is C23H30N2O2S. The van der Waals surface area contributed by atoms with Crippen molar-refractivity contribution in [1.82, 2.24) is 0 Å². The van der Waals surface area contributed by atoms with E-state index in [0.29, 0.717) is 12.3 Å². The van der Waals surface area contributed by atoms with E-state index in [-0.39, 0.29) is 5.75 Å². The lowest BCUT2D eigenvalue weighted by atomic mass is 9.98. The predicted molar refractivity (Wildman–Crippen MR) is 115 cm³/mol. The van der Waals surface area contributed by atoms with Crippen molar-refractivity contribution in [2.45, 2.75) is 70.8 Å². The summed E-state index contributed by atoms with van der Waals surface area (Å²) in [7, 11) is 1.55. The normalized spacial score (nSPS) is 15.6. The number of methoxy groups -OCH3 is 1. The van der Waals surface area contributed by atoms with Crippen molar-refractivity contribution in [2.24, 2.45) is 0 Å². The summed E-state index contributed by atoms with van der Waals surface area (Å²) in [4.78, 5) is 1.39. The van der Waals surface area contributed by atoms with Crippen molar-refractivity contribution in [3.05, 3.63) is 39.8 Å². The Hall–Kier alpha value is -2.19. The lowest BCUT2D eigenvalue weighted by molar-refractivity contribution is 0.373. The molecule has 150 valence electrons. The van der Waals surface area contributed by atoms with Crippen molar-refractivity contribution in [2.75, 3.05) is 12.4 Å². The number of nitrogens with one attached hydrogen (secondary N) is 1. The van der Waals surface area contributed by atoms with Gasteiger partial charge in [-0.15, -0.1) is 11.3 Å². The minimum absolute atomic E-state index is 0.141. The first kappa shape index (κ1) is 20.5. The second-order valence-electron chi connectivity index (χ2n) is 7.51. The number of ether oxygens (including phenoxy) is 1. The van der Waals surface area contributed by atoms with Crippen LogP contribution in [0.1, 0.15) is 72.9 Å². The zero-order valence-electron chi connectivity index (χ0n) is 16.7. The third-order valence-corrected chi connectivity index (χ3v) is 6.73. The van der Waals surface area contributed by atoms with Gasteiger partial charge in [0.15, 0.2) is 11.5 Å². The molecule has 1 aromatic heterocycles. The van der Waals surface area contributed by atoms with Crippen LogP contribution in [-0.2, 0) is 19.4 Å². The molecule has 0 saturated carbocycles. The molecule has 0 amide bonds. The summed E-state index contributed by atoms with van der Waals surface area (Å²) in [5.74, 6) is 0.611. The van der Waals surface area contributed by atoms with Gasteiger partial charge in [-0.1, -0.05) is 44.6 Å². The summed E-state index contributed by atoms with van der Waals surface area (Å²) in [5, 5.41) is 24.0. The lowest BCUT2D eigenvalue weighted by Crippen LogP contribution is -2.00. The molecule has 1 aliphatic rings. The molecule has 2 N–H and O–H groups in total. The molecule has 1 heterocycles. The average molecular weight is 399 g/mol. The first-order chi connectivity index (χ1) is 13.7. The number of rotatable bonds is 4. The Kier molecular flexibility index (Phi) is 7.62. The van der Waals surface area contributed by atoms with Crippen LogP contribution in [0.5, 0.6) is 11.5 Å². The van der Waals surface area contributed by atoms with Crippen LogP contribution in [0.25, 0.3) is 0 Å². The summed E-state index contributed by atoms with van der Waals surface area (Å²) in [6.45, 7) is 0.602. The van der Waals surface area contributed by atoms with Crippen LogP contribution in [0.15, 0.2) is 18.2 Å². The molecular weight excluding hydrogens is 368 g/mol. The Balaban J connectivity index is 1.77. The SMILES string of the molecule is COc1cc(CNc2sc3c(c2C#N)CCCCCCCCCC3)ccc1O. The third-order valence-electron chi connectivity index (χ3n) is 5.48. The molecule has 0 radical (unpaired) electrons. The number of phenolic OH excluding ortho intramolecular Hbond substituents is 1. The van der Waals surface area contributed by atoms with Crippen LogP contribution in [0, 0.1) is 11.3 Å². The minimum atomic E-state index is 0.141. The number of aromatic hydroxyl groups is 1. The number of hydrogen-bond acceptors (Lipinski definition) is 5. The highest BCUT2D eigenvalue weighted by Gasteiger charge is 2.18. The summed E-state index contributed by atoms with van der Waals surface area (Å²) in [6.07, 6.45) is 12.4. The van der Waals surface area contributed by atoms with Crippen LogP contribution in [-0.4, -0.2) is 12.2 Å². The Bertz CT molecular complexity index is 823. The zero-order chi connectivity index (χ0) is 19.8. The molecule has 0 atom stereocenters. The van der Waals surface area contributed by atoms with E-state index in [1.165, 1.54) is 61.8 Å². The Morgan fingerprint density at radius 3 is 2.43 bits per heavy atom. The van der Waals surface area contributed by atoms with Crippen LogP contribution in [0.4, 0.5) is 5.00 Å². The van der Waals surface area contributed by atoms with Gasteiger partial charge in [0.25, 0.3) is 0 Å². The van der Waals surface area contributed by atoms with E-state index in [1.807, 2.05) is 12.1 Å². The largest absolute Gasteiger partial charge is 0.504 e. The van der Waals surface area contributed by atoms with Crippen LogP contribution < -0.4 is 10.1 Å². The standard InChI is InChI=1S/C23H30N2O2S/c1-27-21-14-17(12-13-20(21)26)16-25-23-19(15-24)18-10-8-6-4-2-3-5-7-9-11-22(18)28-23/h12-14,25-26H,2-11,16H2,1H3. The molecule has 3 rings (SSSR count). The van der Waals surface area contributed by atoms with Gasteiger partial charge in [0.05, 0.1) is 12.7 Å². The van der Waals surface area contributed by atoms with Gasteiger partial charge < -0.3 is 15.2 Å². The summed E-state index contributed by atoms with van der Waals surface area (Å²) < 4.78 is 5.19. The number of nitrogens with zero attached hydrogens (tertiary/aromatic N) is 1. The van der Waals surface area contributed by atoms with Crippen LogP contribution in [0.2, 0.25) is 0 Å². The minimum Gasteiger partial charge on any atom is -0.504 e. The maximum Gasteiger partial charge on any atom is 0.160 e. The van der Waals surface area contributed by atoms with Gasteiger partial charge in [-0.25, -0.2) is 0 Å². The second-order valence-corrected chi connectivity index (χ2v) is 8.61. The van der Waals surface area contributed by atoms with Crippen molar-refractivity contribution >= 4 is 16.3 Å². The van der Waals surface area contributed by atoms with Crippen molar-refractivity contribution in [1.29, 1.82) is 5.26 Å². The molecule has 4 nitrogen and oxygen atoms in total. The Labute approximate surface area is 172 Å². The second kappa shape index (κ2) is 10.4. The predicted octanol–water partition coefficient (Wildman–Crippen LogP) is 6.17. The van der Waals surface area contributed by atoms with E-state index in [0.717, 1.165) is 29.0 Å². The molecule has 0 spiro atoms. The molecule has 0 aliphatic heterocycles. The van der Waals surface area contributed by atoms with E-state index < -0.39 is 0 Å². The van der Waals surface area contributed by atoms with Crippen molar-refractivity contribution < 1.29 is 9.84 Å². The maximum atomic E-state index is 9.83. The maximum absolute atomic E-state index is 9.83. The molecule has 5 heteroatoms. The zero-order valence-corrected chi connectivity index (χ0v) is 17.5. The van der Waals surface area contributed by atoms with Gasteiger partial charge in [-0.3, -0.25) is 0 Å². The number of hydrogen-bond donors (Lipinski definition) is 2. The highest BCUT2D eigenvalue weighted by molar-refractivity contribution is 7.16. The van der Waals surface area contributed by atoms with E-state index in [9.17, 15) is 10.4 Å². The topological polar surface area (TPSA) is 65.3 Å². The molecule has 1 aromatic carbocycles. The fraction of sp³-hybridized carbons (Fsp3) is 0.522. The van der Waals surface area contributed by atoms with Gasteiger partial charge in [-0.2, -0.15) is 5.26 Å². The van der Waals surface area contributed by atoms with Gasteiger partial charge in [-0.05, 0) is 48.9 Å². The smallest absolute Gasteiger partial charge is 0.160 e. The number of thiophene rings is 1. The first-order valence-corrected chi connectivity index (χ1v) is 11.2. The molecule has 2 aromatic rings. The van der Waals surface area contributed by atoms with Gasteiger partial charge >= 0.3 is 0 Å². The molecule has 28 heavy (non-hydrogen) atoms. The molecule has 0 saturated heterocycles. The van der Waals surface area contributed by atoms with E-state index in [4.69, 9.17) is 4.74 Å². The first-order valence-electron chi connectivity index (χ1n) is 10.4. The number of nitriles is 1. The number of fused-ring (bicyclic) bond motifs is 1. The summed E-state index contributed by atoms with van der Waals surface area (Å²) >= 11 is 1.76. The van der Waals surface area contributed by atoms with Crippen LogP contribution >= 0.6 is 11.3 Å². The monoisotopic (exact) mass is 398 g/mol. The van der Waals surface area contributed by atoms with Crippen molar-refractivity contribution in [3.63, 3.8) is 0 Å². The Morgan fingerprint density at radius 2 is 1.75 bits per heavy atom. The van der Waals surface area contributed by atoms with Crippen molar-refractivity contribution in [3.8, 4) is 17.6 Å². The summed E-state index contributed by atoms with van der Waals surface area (Å²) in [6, 6.07) is 7.82. The highest BCUT2D eigenvalue weighted by atomic mass is 32.1. The fourth-order valence-corrected chi connectivity index (χ4v) is 5.12. The quantitative estimate of drug-likeness (QED) is 0.647. The number of phenols is 1. The number of anilines is 1. The number of benzene rings is 1. The molecule has 1 aliphatic carbocycles. The average Bonchev–Trinajstić information content (AvgIpc) is 3.03. The molecule has 0 bridgehead atoms. The van der Waals surface area contributed by atoms with E-state index in [2.05, 4.69) is 11.4 Å². The number of aryl methyl sites for hydroxylation is 1. The molecule has 0 fully saturated rings. The lowest BCUT2D eigenvalue weighted by Gasteiger charge is -2.09. The highest BCUT2D eigenvalue weighted by Crippen LogP contribution is 2.36. The third kappa shape index (κ3) is 5.20.